The molecule has 2 heterocycles. The van der Waals surface area contributed by atoms with Crippen molar-refractivity contribution >= 4 is 17.2 Å². The van der Waals surface area contributed by atoms with Crippen LogP contribution in [0.4, 0.5) is 4.39 Å². The van der Waals surface area contributed by atoms with E-state index in [1.807, 2.05) is 0 Å². The lowest BCUT2D eigenvalue weighted by atomic mass is 10.2. The molecule has 0 radical (unpaired) electrons. The van der Waals surface area contributed by atoms with E-state index < -0.39 is 0 Å². The van der Waals surface area contributed by atoms with Crippen LogP contribution in [0, 0.1) is 5.82 Å². The number of carbonyl (C=O) groups excluding carboxylic acids is 1. The molecule has 23 heavy (non-hydrogen) atoms. The van der Waals surface area contributed by atoms with Crippen LogP contribution < -0.4 is 10.2 Å². The lowest BCUT2D eigenvalue weighted by Gasteiger charge is -2.03. The van der Waals surface area contributed by atoms with E-state index in [0.29, 0.717) is 11.3 Å². The Bertz CT molecular complexity index is 868. The van der Waals surface area contributed by atoms with Crippen LogP contribution in [-0.4, -0.2) is 10.5 Å². The predicted molar refractivity (Wildman–Crippen MR) is 84.0 cm³/mol. The Morgan fingerprint density at radius 3 is 2.83 bits per heavy atom. The van der Waals surface area contributed by atoms with Gasteiger partial charge in [0.2, 0.25) is 0 Å². The normalized spacial score (nSPS) is 10.7. The Hall–Kier alpha value is -2.67. The second-order valence-electron chi connectivity index (χ2n) is 4.84. The van der Waals surface area contributed by atoms with Crippen molar-refractivity contribution in [1.82, 2.24) is 9.88 Å². The Morgan fingerprint density at radius 2 is 2.09 bits per heavy atom. The van der Waals surface area contributed by atoms with Crippen molar-refractivity contribution < 1.29 is 13.6 Å². The summed E-state index contributed by atoms with van der Waals surface area (Å²) in [5.74, 6) is -0.123. The van der Waals surface area contributed by atoms with Gasteiger partial charge in [0.15, 0.2) is 0 Å². The van der Waals surface area contributed by atoms with Gasteiger partial charge in [-0.15, -0.1) is 0 Å². The van der Waals surface area contributed by atoms with E-state index in [-0.39, 0.29) is 34.6 Å². The number of halogens is 1. The fraction of sp³-hybridized carbons (Fsp3) is 0.125. The van der Waals surface area contributed by atoms with Gasteiger partial charge >= 0.3 is 4.87 Å². The molecular weight excluding hydrogens is 319 g/mol. The van der Waals surface area contributed by atoms with Gasteiger partial charge in [0, 0.05) is 11.8 Å². The summed E-state index contributed by atoms with van der Waals surface area (Å²) in [5.41, 5.74) is 0.398. The van der Waals surface area contributed by atoms with Crippen LogP contribution in [0.2, 0.25) is 0 Å². The van der Waals surface area contributed by atoms with Crippen LogP contribution in [0.3, 0.4) is 0 Å². The van der Waals surface area contributed by atoms with E-state index in [2.05, 4.69) is 5.32 Å². The van der Waals surface area contributed by atoms with Gasteiger partial charge in [0.05, 0.1) is 19.4 Å². The first-order chi connectivity index (χ1) is 11.1. The van der Waals surface area contributed by atoms with Crippen molar-refractivity contribution in [2.45, 2.75) is 13.1 Å². The summed E-state index contributed by atoms with van der Waals surface area (Å²) in [7, 11) is 0. The molecule has 1 aromatic carbocycles. The third-order valence-electron chi connectivity index (χ3n) is 3.23. The molecule has 0 fully saturated rings. The molecule has 0 unspecified atom stereocenters. The SMILES string of the molecule is O=C(NCc1ccco1)c1cn(Cc2ccccc2F)c(=O)s1. The highest BCUT2D eigenvalue weighted by Crippen LogP contribution is 2.11. The summed E-state index contributed by atoms with van der Waals surface area (Å²) in [6.45, 7) is 0.332. The van der Waals surface area contributed by atoms with Crippen molar-refractivity contribution in [2.24, 2.45) is 0 Å². The molecule has 0 bridgehead atoms. The maximum Gasteiger partial charge on any atom is 0.308 e. The van der Waals surface area contributed by atoms with Gasteiger partial charge in [-0.2, -0.15) is 0 Å². The molecule has 7 heteroatoms. The number of nitrogens with zero attached hydrogens (tertiary/aromatic N) is 1. The molecule has 118 valence electrons. The summed E-state index contributed by atoms with van der Waals surface area (Å²) in [5, 5.41) is 2.67. The molecule has 1 N–H and O–H groups in total. The molecule has 0 aliphatic carbocycles. The Kier molecular flexibility index (Phi) is 4.38. The smallest absolute Gasteiger partial charge is 0.308 e. The number of amides is 1. The van der Waals surface area contributed by atoms with Crippen molar-refractivity contribution in [1.29, 1.82) is 0 Å². The van der Waals surface area contributed by atoms with Crippen LogP contribution in [0.1, 0.15) is 21.0 Å². The monoisotopic (exact) mass is 332 g/mol. The van der Waals surface area contributed by atoms with E-state index in [0.717, 1.165) is 11.3 Å². The molecule has 0 aliphatic heterocycles. The molecule has 0 spiro atoms. The van der Waals surface area contributed by atoms with E-state index in [1.54, 1.807) is 30.3 Å². The van der Waals surface area contributed by atoms with Crippen LogP contribution in [0.25, 0.3) is 0 Å². The summed E-state index contributed by atoms with van der Waals surface area (Å²) >= 11 is 0.827. The minimum Gasteiger partial charge on any atom is -0.467 e. The van der Waals surface area contributed by atoms with Gasteiger partial charge in [-0.25, -0.2) is 4.39 Å². The number of benzene rings is 1. The van der Waals surface area contributed by atoms with Gasteiger partial charge in [-0.3, -0.25) is 9.59 Å². The van der Waals surface area contributed by atoms with Crippen LogP contribution in [-0.2, 0) is 13.1 Å². The van der Waals surface area contributed by atoms with Crippen molar-refractivity contribution in [2.75, 3.05) is 0 Å². The molecule has 5 nitrogen and oxygen atoms in total. The second-order valence-corrected chi connectivity index (χ2v) is 5.84. The maximum absolute atomic E-state index is 13.6. The van der Waals surface area contributed by atoms with Crippen LogP contribution in [0.5, 0.6) is 0 Å². The molecule has 3 rings (SSSR count). The van der Waals surface area contributed by atoms with E-state index in [1.165, 1.54) is 23.1 Å². The number of nitrogens with one attached hydrogen (secondary N) is 1. The molecular formula is C16H13FN2O3S. The van der Waals surface area contributed by atoms with Gasteiger partial charge < -0.3 is 14.3 Å². The largest absolute Gasteiger partial charge is 0.467 e. The summed E-state index contributed by atoms with van der Waals surface area (Å²) in [6, 6.07) is 9.70. The average Bonchev–Trinajstić information content (AvgIpc) is 3.18. The highest BCUT2D eigenvalue weighted by molar-refractivity contribution is 7.11. The number of thiazole rings is 1. The Morgan fingerprint density at radius 1 is 1.26 bits per heavy atom. The average molecular weight is 332 g/mol. The molecule has 0 saturated carbocycles. The summed E-state index contributed by atoms with van der Waals surface area (Å²) in [4.78, 5) is 24.0. The fourth-order valence-electron chi connectivity index (χ4n) is 2.07. The summed E-state index contributed by atoms with van der Waals surface area (Å²) in [6.07, 6.45) is 2.96. The highest BCUT2D eigenvalue weighted by atomic mass is 32.1. The first kappa shape index (κ1) is 15.2. The molecule has 0 saturated heterocycles. The van der Waals surface area contributed by atoms with Gasteiger partial charge in [0.1, 0.15) is 16.5 Å². The van der Waals surface area contributed by atoms with Gasteiger partial charge in [0.25, 0.3) is 5.91 Å². The van der Waals surface area contributed by atoms with Crippen molar-refractivity contribution in [3.63, 3.8) is 0 Å². The maximum atomic E-state index is 13.6. The fourth-order valence-corrected chi connectivity index (χ4v) is 2.83. The topological polar surface area (TPSA) is 64.2 Å². The second kappa shape index (κ2) is 6.62. The number of hydrogen-bond donors (Lipinski definition) is 1. The predicted octanol–water partition coefficient (Wildman–Crippen LogP) is 2.62. The molecule has 0 atom stereocenters. The quantitative estimate of drug-likeness (QED) is 0.781. The number of rotatable bonds is 5. The Labute approximate surface area is 135 Å². The first-order valence-electron chi connectivity index (χ1n) is 6.88. The standard InChI is InChI=1S/C16H13FN2O3S/c17-13-6-2-1-4-11(13)9-19-10-14(23-16(19)21)15(20)18-8-12-5-3-7-22-12/h1-7,10H,8-9H2,(H,18,20). The molecule has 2 aromatic heterocycles. The molecule has 3 aromatic rings. The number of aromatic nitrogens is 1. The zero-order chi connectivity index (χ0) is 16.2. The minimum absolute atomic E-state index is 0.0907. The van der Waals surface area contributed by atoms with Crippen LogP contribution in [0.15, 0.2) is 58.1 Å². The minimum atomic E-state index is -0.380. The van der Waals surface area contributed by atoms with Gasteiger partial charge in [-0.1, -0.05) is 29.5 Å². The lowest BCUT2D eigenvalue weighted by molar-refractivity contribution is 0.0951. The molecule has 0 aliphatic rings. The first-order valence-corrected chi connectivity index (χ1v) is 7.69. The number of hydrogen-bond acceptors (Lipinski definition) is 4. The third-order valence-corrected chi connectivity index (χ3v) is 4.15. The summed E-state index contributed by atoms with van der Waals surface area (Å²) < 4.78 is 20.1. The van der Waals surface area contributed by atoms with E-state index in [4.69, 9.17) is 4.42 Å². The third kappa shape index (κ3) is 3.57. The molecule has 1 amide bonds. The number of furan rings is 1. The zero-order valence-electron chi connectivity index (χ0n) is 12.0. The number of carbonyl (C=O) groups is 1. The van der Waals surface area contributed by atoms with Crippen LogP contribution >= 0.6 is 11.3 Å². The zero-order valence-corrected chi connectivity index (χ0v) is 12.8. The van der Waals surface area contributed by atoms with Crippen molar-refractivity contribution in [3.05, 3.63) is 80.5 Å². The Balaban J connectivity index is 1.71. The highest BCUT2D eigenvalue weighted by Gasteiger charge is 2.13. The van der Waals surface area contributed by atoms with E-state index >= 15 is 0 Å². The van der Waals surface area contributed by atoms with Crippen molar-refractivity contribution in [3.8, 4) is 0 Å². The van der Waals surface area contributed by atoms with Gasteiger partial charge in [-0.05, 0) is 18.2 Å². The van der Waals surface area contributed by atoms with E-state index in [9.17, 15) is 14.0 Å². The lowest BCUT2D eigenvalue weighted by Crippen LogP contribution is -2.21.